The number of carbonyl (C=O) groups is 1. The Morgan fingerprint density at radius 2 is 1.95 bits per heavy atom. The van der Waals surface area contributed by atoms with Crippen molar-refractivity contribution >= 4 is 27.6 Å². The van der Waals surface area contributed by atoms with Gasteiger partial charge in [0.2, 0.25) is 10.0 Å². The molecule has 0 spiro atoms. The summed E-state index contributed by atoms with van der Waals surface area (Å²) in [4.78, 5) is 11.1. The zero-order valence-electron chi connectivity index (χ0n) is 11.0. The van der Waals surface area contributed by atoms with Crippen molar-refractivity contribution in [3.05, 3.63) is 28.8 Å². The fraction of sp³-hybridized carbons (Fsp3) is 0.462. The van der Waals surface area contributed by atoms with E-state index in [0.717, 1.165) is 0 Å². The van der Waals surface area contributed by atoms with E-state index in [-0.39, 0.29) is 18.0 Å². The Bertz CT molecular complexity index is 621. The Balaban J connectivity index is 2.24. The van der Waals surface area contributed by atoms with Crippen LogP contribution in [0.5, 0.6) is 0 Å². The summed E-state index contributed by atoms with van der Waals surface area (Å²) in [5.41, 5.74) is 0.634. The molecule has 1 N–H and O–H groups in total. The number of benzene rings is 1. The van der Waals surface area contributed by atoms with E-state index in [2.05, 4.69) is 0 Å². The van der Waals surface area contributed by atoms with Gasteiger partial charge in [0.05, 0.1) is 10.8 Å². The van der Waals surface area contributed by atoms with Crippen LogP contribution in [0, 0.1) is 12.8 Å². The Morgan fingerprint density at radius 3 is 2.50 bits per heavy atom. The predicted octanol–water partition coefficient (Wildman–Crippen LogP) is 2.13. The number of carboxylic acids is 1. The van der Waals surface area contributed by atoms with Crippen LogP contribution in [0.1, 0.15) is 18.4 Å². The number of piperidine rings is 1. The normalized spacial score (nSPS) is 18.1. The van der Waals surface area contributed by atoms with Gasteiger partial charge >= 0.3 is 5.97 Å². The molecule has 1 aromatic rings. The van der Waals surface area contributed by atoms with Crippen LogP contribution in [-0.2, 0) is 14.8 Å². The van der Waals surface area contributed by atoms with Gasteiger partial charge in [0, 0.05) is 18.1 Å². The number of sulfonamides is 1. The monoisotopic (exact) mass is 317 g/mol. The molecule has 0 aliphatic carbocycles. The van der Waals surface area contributed by atoms with E-state index in [0.29, 0.717) is 23.4 Å². The molecule has 0 bridgehead atoms. The van der Waals surface area contributed by atoms with E-state index < -0.39 is 21.9 Å². The highest BCUT2D eigenvalue weighted by Gasteiger charge is 2.32. The van der Waals surface area contributed by atoms with E-state index in [1.165, 1.54) is 10.4 Å². The lowest BCUT2D eigenvalue weighted by molar-refractivity contribution is -0.142. The summed E-state index contributed by atoms with van der Waals surface area (Å²) in [5.74, 6) is -1.32. The molecule has 1 fully saturated rings. The molecular weight excluding hydrogens is 302 g/mol. The highest BCUT2D eigenvalue weighted by Crippen LogP contribution is 2.27. The number of aliphatic carboxylic acids is 1. The molecule has 7 heteroatoms. The minimum Gasteiger partial charge on any atom is -0.481 e. The Labute approximate surface area is 123 Å². The van der Waals surface area contributed by atoms with E-state index >= 15 is 0 Å². The van der Waals surface area contributed by atoms with Crippen molar-refractivity contribution in [1.29, 1.82) is 0 Å². The molecule has 110 valence electrons. The second-order valence-corrected chi connectivity index (χ2v) is 7.27. The van der Waals surface area contributed by atoms with Crippen LogP contribution in [-0.4, -0.2) is 36.9 Å². The summed E-state index contributed by atoms with van der Waals surface area (Å²) in [6.45, 7) is 2.17. The highest BCUT2D eigenvalue weighted by atomic mass is 35.5. The Morgan fingerprint density at radius 1 is 1.35 bits per heavy atom. The van der Waals surface area contributed by atoms with Gasteiger partial charge in [0.15, 0.2) is 0 Å². The average molecular weight is 318 g/mol. The van der Waals surface area contributed by atoms with Gasteiger partial charge in [0.1, 0.15) is 0 Å². The molecule has 1 saturated heterocycles. The van der Waals surface area contributed by atoms with Crippen molar-refractivity contribution in [1.82, 2.24) is 4.31 Å². The maximum absolute atomic E-state index is 12.6. The number of carboxylic acid groups (broad SMARTS) is 1. The molecule has 0 unspecified atom stereocenters. The van der Waals surface area contributed by atoms with Crippen LogP contribution >= 0.6 is 11.6 Å². The molecule has 1 aliphatic heterocycles. The first-order chi connectivity index (χ1) is 9.32. The molecule has 0 aromatic heterocycles. The molecule has 0 radical (unpaired) electrons. The number of hydrogen-bond acceptors (Lipinski definition) is 3. The second kappa shape index (κ2) is 5.71. The first kappa shape index (κ1) is 15.3. The van der Waals surface area contributed by atoms with E-state index in [9.17, 15) is 13.2 Å². The third-order valence-corrected chi connectivity index (χ3v) is 5.85. The molecule has 0 amide bonds. The second-order valence-electron chi connectivity index (χ2n) is 4.93. The number of rotatable bonds is 3. The molecule has 1 aromatic carbocycles. The van der Waals surface area contributed by atoms with Gasteiger partial charge in [-0.1, -0.05) is 17.7 Å². The largest absolute Gasteiger partial charge is 0.481 e. The average Bonchev–Trinajstić information content (AvgIpc) is 2.41. The third kappa shape index (κ3) is 2.97. The molecule has 0 atom stereocenters. The van der Waals surface area contributed by atoms with Crippen LogP contribution in [0.15, 0.2) is 23.1 Å². The zero-order chi connectivity index (χ0) is 14.9. The molecule has 1 aliphatic rings. The van der Waals surface area contributed by atoms with Crippen molar-refractivity contribution < 1.29 is 18.3 Å². The van der Waals surface area contributed by atoms with Gasteiger partial charge in [-0.3, -0.25) is 4.79 Å². The maximum atomic E-state index is 12.6. The number of hydrogen-bond donors (Lipinski definition) is 1. The summed E-state index contributed by atoms with van der Waals surface area (Å²) >= 11 is 5.87. The maximum Gasteiger partial charge on any atom is 0.306 e. The zero-order valence-corrected chi connectivity index (χ0v) is 12.6. The predicted molar refractivity (Wildman–Crippen MR) is 75.3 cm³/mol. The lowest BCUT2D eigenvalue weighted by Gasteiger charge is -2.29. The third-order valence-electron chi connectivity index (χ3n) is 3.57. The quantitative estimate of drug-likeness (QED) is 0.926. The molecular formula is C13H16ClNO4S. The van der Waals surface area contributed by atoms with Gasteiger partial charge in [-0.15, -0.1) is 0 Å². The summed E-state index contributed by atoms with van der Waals surface area (Å²) in [6, 6.07) is 4.75. The minimum absolute atomic E-state index is 0.193. The number of halogens is 1. The molecule has 5 nitrogen and oxygen atoms in total. The van der Waals surface area contributed by atoms with E-state index in [1.807, 2.05) is 0 Å². The Kier molecular flexibility index (Phi) is 4.36. The first-order valence-corrected chi connectivity index (χ1v) is 8.13. The summed E-state index contributed by atoms with van der Waals surface area (Å²) in [5, 5.41) is 9.31. The smallest absolute Gasteiger partial charge is 0.306 e. The number of aryl methyl sites for hydroxylation is 1. The SMILES string of the molecule is Cc1ccc(Cl)cc1S(=O)(=O)N1CCC(C(=O)O)CC1. The molecule has 1 heterocycles. The van der Waals surface area contributed by atoms with Gasteiger partial charge in [-0.05, 0) is 37.5 Å². The van der Waals surface area contributed by atoms with Gasteiger partial charge in [-0.2, -0.15) is 4.31 Å². The van der Waals surface area contributed by atoms with Crippen molar-refractivity contribution in [3.8, 4) is 0 Å². The summed E-state index contributed by atoms with van der Waals surface area (Å²) < 4.78 is 26.5. The van der Waals surface area contributed by atoms with Crippen LogP contribution in [0.3, 0.4) is 0 Å². The highest BCUT2D eigenvalue weighted by molar-refractivity contribution is 7.89. The van der Waals surface area contributed by atoms with Crippen LogP contribution < -0.4 is 0 Å². The topological polar surface area (TPSA) is 74.7 Å². The first-order valence-electron chi connectivity index (χ1n) is 6.31. The van der Waals surface area contributed by atoms with E-state index in [1.54, 1.807) is 19.1 Å². The molecule has 2 rings (SSSR count). The lowest BCUT2D eigenvalue weighted by Crippen LogP contribution is -2.40. The standard InChI is InChI=1S/C13H16ClNO4S/c1-9-2-3-11(14)8-12(9)20(18,19)15-6-4-10(5-7-15)13(16)17/h2-3,8,10H,4-7H2,1H3,(H,16,17). The van der Waals surface area contributed by atoms with Gasteiger partial charge in [-0.25, -0.2) is 8.42 Å². The minimum atomic E-state index is -3.61. The fourth-order valence-electron chi connectivity index (χ4n) is 2.33. The van der Waals surface area contributed by atoms with E-state index in [4.69, 9.17) is 16.7 Å². The van der Waals surface area contributed by atoms with Crippen molar-refractivity contribution in [2.75, 3.05) is 13.1 Å². The van der Waals surface area contributed by atoms with Crippen LogP contribution in [0.2, 0.25) is 5.02 Å². The van der Waals surface area contributed by atoms with Crippen molar-refractivity contribution in [3.63, 3.8) is 0 Å². The number of nitrogens with zero attached hydrogens (tertiary/aromatic N) is 1. The summed E-state index contributed by atoms with van der Waals surface area (Å²) in [6.07, 6.45) is 0.683. The Hall–Kier alpha value is -1.11. The molecule has 0 saturated carbocycles. The van der Waals surface area contributed by atoms with Gasteiger partial charge < -0.3 is 5.11 Å². The molecule has 20 heavy (non-hydrogen) atoms. The lowest BCUT2D eigenvalue weighted by atomic mass is 9.99. The fourth-order valence-corrected chi connectivity index (χ4v) is 4.29. The van der Waals surface area contributed by atoms with Crippen molar-refractivity contribution in [2.24, 2.45) is 5.92 Å². The van der Waals surface area contributed by atoms with Crippen LogP contribution in [0.4, 0.5) is 0 Å². The van der Waals surface area contributed by atoms with Crippen LogP contribution in [0.25, 0.3) is 0 Å². The summed E-state index contributed by atoms with van der Waals surface area (Å²) in [7, 11) is -3.61. The van der Waals surface area contributed by atoms with Crippen molar-refractivity contribution in [2.45, 2.75) is 24.7 Å². The van der Waals surface area contributed by atoms with Gasteiger partial charge in [0.25, 0.3) is 0 Å².